The van der Waals surface area contributed by atoms with Gasteiger partial charge in [0.1, 0.15) is 0 Å². The van der Waals surface area contributed by atoms with Gasteiger partial charge >= 0.3 is 206 Å². The van der Waals surface area contributed by atoms with Crippen LogP contribution >= 0.6 is 0 Å². The van der Waals surface area contributed by atoms with E-state index < -0.39 is 42.1 Å². The Balaban J connectivity index is 3.16. The molecule has 2 atom stereocenters. The monoisotopic (exact) mass is 569 g/mol. The molecule has 0 aromatic heterocycles. The molecule has 0 saturated heterocycles. The van der Waals surface area contributed by atoms with Crippen molar-refractivity contribution >= 4 is 34.0 Å². The Morgan fingerprint density at radius 1 is 0.939 bits per heavy atom. The van der Waals surface area contributed by atoms with Crippen molar-refractivity contribution < 1.29 is 19.4 Å². The van der Waals surface area contributed by atoms with Gasteiger partial charge in [-0.2, -0.15) is 0 Å². The maximum absolute atomic E-state index is 12.2. The minimum atomic E-state index is -2.51. The standard InChI is InChI=1S/C15H20NO4.3C4H9.Sn/c1-10(11-8-6-5-7-9-11)12(13(17)18)16-14(19)20-15(2,3)4;3*1-3-4-2;/h6-10,12H,1-4H3,(H,16,19)(H,17,18);3*1,3-4H2,2H3;. The predicted octanol–water partition coefficient (Wildman–Crippen LogP) is 6.82. The second-order valence-corrected chi connectivity index (χ2v) is 23.7. The van der Waals surface area contributed by atoms with Crippen molar-refractivity contribution in [3.8, 4) is 0 Å². The summed E-state index contributed by atoms with van der Waals surface area (Å²) in [6.45, 7) is 14.0. The van der Waals surface area contributed by atoms with Crippen LogP contribution in [0.2, 0.25) is 13.3 Å². The van der Waals surface area contributed by atoms with E-state index in [9.17, 15) is 14.7 Å². The molecule has 0 heterocycles. The van der Waals surface area contributed by atoms with Crippen LogP contribution in [0.5, 0.6) is 0 Å². The van der Waals surface area contributed by atoms with E-state index in [1.807, 2.05) is 6.92 Å². The Bertz CT molecular complexity index is 705. The molecule has 6 heteroatoms. The van der Waals surface area contributed by atoms with Gasteiger partial charge in [0.2, 0.25) is 0 Å². The van der Waals surface area contributed by atoms with Gasteiger partial charge in [0.15, 0.2) is 0 Å². The third-order valence-corrected chi connectivity index (χ3v) is 22.2. The van der Waals surface area contributed by atoms with Crippen LogP contribution in [0.25, 0.3) is 0 Å². The first-order valence-electron chi connectivity index (χ1n) is 12.8. The zero-order valence-electron chi connectivity index (χ0n) is 22.0. The molecule has 0 fully saturated rings. The fourth-order valence-corrected chi connectivity index (χ4v) is 20.4. The Morgan fingerprint density at radius 2 is 1.39 bits per heavy atom. The number of hydrogen-bond acceptors (Lipinski definition) is 3. The van der Waals surface area contributed by atoms with Gasteiger partial charge in [-0.25, -0.2) is 0 Å². The number of hydrogen-bond donors (Lipinski definition) is 2. The summed E-state index contributed by atoms with van der Waals surface area (Å²) in [6.07, 6.45) is 6.94. The van der Waals surface area contributed by atoms with Gasteiger partial charge in [0.25, 0.3) is 0 Å². The summed E-state index contributed by atoms with van der Waals surface area (Å²) in [4.78, 5) is 24.1. The van der Waals surface area contributed by atoms with Crippen molar-refractivity contribution in [2.75, 3.05) is 0 Å². The quantitative estimate of drug-likeness (QED) is 0.242. The summed E-state index contributed by atoms with van der Waals surface area (Å²) < 4.78 is 11.1. The second kappa shape index (κ2) is 14.2. The van der Waals surface area contributed by atoms with Gasteiger partial charge in [0.05, 0.1) is 0 Å². The summed E-state index contributed by atoms with van der Waals surface area (Å²) in [5, 5.41) is 12.3. The summed E-state index contributed by atoms with van der Waals surface area (Å²) >= 11 is -2.51. The number of carboxylic acids is 1. The molecule has 0 bridgehead atoms. The fraction of sp³-hybridized carbons (Fsp3) is 0.704. The molecule has 0 aliphatic carbocycles. The van der Waals surface area contributed by atoms with Crippen molar-refractivity contribution in [3.63, 3.8) is 0 Å². The molecule has 2 N–H and O–H groups in total. The molecular formula is C27H47NO4Sn. The van der Waals surface area contributed by atoms with Crippen LogP contribution in [-0.4, -0.2) is 47.2 Å². The van der Waals surface area contributed by atoms with Crippen molar-refractivity contribution in [1.29, 1.82) is 0 Å². The summed E-state index contributed by atoms with van der Waals surface area (Å²) in [7, 11) is 0. The van der Waals surface area contributed by atoms with Crippen molar-refractivity contribution in [2.45, 2.75) is 118 Å². The maximum atomic E-state index is 12.2. The molecule has 1 aromatic carbocycles. The first-order chi connectivity index (χ1) is 15.5. The van der Waals surface area contributed by atoms with Crippen LogP contribution in [0.3, 0.4) is 0 Å². The number of nitrogens with one attached hydrogen (secondary N) is 1. The molecule has 0 aliphatic rings. The number of aliphatic carboxylic acids is 1. The van der Waals surface area contributed by atoms with Gasteiger partial charge in [-0.15, -0.1) is 0 Å². The Labute approximate surface area is 205 Å². The van der Waals surface area contributed by atoms with E-state index >= 15 is 0 Å². The van der Waals surface area contributed by atoms with Crippen molar-refractivity contribution in [3.05, 3.63) is 29.8 Å². The molecule has 5 nitrogen and oxygen atoms in total. The Morgan fingerprint density at radius 3 is 1.76 bits per heavy atom. The van der Waals surface area contributed by atoms with Crippen LogP contribution < -0.4 is 8.90 Å². The molecule has 0 saturated carbocycles. The number of alkyl carbamates (subject to hydrolysis) is 1. The van der Waals surface area contributed by atoms with Crippen LogP contribution in [0.15, 0.2) is 24.3 Å². The van der Waals surface area contributed by atoms with Gasteiger partial charge in [-0.3, -0.25) is 0 Å². The minimum absolute atomic E-state index is 0.365. The van der Waals surface area contributed by atoms with E-state index in [1.165, 1.54) is 51.8 Å². The van der Waals surface area contributed by atoms with Gasteiger partial charge in [0, 0.05) is 0 Å². The number of unbranched alkanes of at least 4 members (excludes halogenated alkanes) is 3. The normalized spacial score (nSPS) is 13.9. The van der Waals surface area contributed by atoms with E-state index in [4.69, 9.17) is 4.74 Å². The van der Waals surface area contributed by atoms with Gasteiger partial charge in [-0.05, 0) is 0 Å². The van der Waals surface area contributed by atoms with Crippen LogP contribution in [0.4, 0.5) is 4.79 Å². The van der Waals surface area contributed by atoms with Crippen LogP contribution in [-0.2, 0) is 9.53 Å². The second-order valence-electron chi connectivity index (χ2n) is 10.5. The summed E-state index contributed by atoms with van der Waals surface area (Å²) in [6, 6.07) is 7.73. The van der Waals surface area contributed by atoms with E-state index in [-0.39, 0.29) is 5.92 Å². The number of carboxylic acid groups (broad SMARTS) is 1. The van der Waals surface area contributed by atoms with E-state index in [0.29, 0.717) is 0 Å². The summed E-state index contributed by atoms with van der Waals surface area (Å²) in [5.74, 6) is -1.42. The topological polar surface area (TPSA) is 75.6 Å². The molecule has 1 aromatic rings. The molecule has 2 unspecified atom stereocenters. The fourth-order valence-electron chi connectivity index (χ4n) is 4.52. The molecule has 0 radical (unpaired) electrons. The zero-order valence-corrected chi connectivity index (χ0v) is 24.9. The molecule has 0 spiro atoms. The predicted molar refractivity (Wildman–Crippen MR) is 140 cm³/mol. The molecule has 188 valence electrons. The SMILES string of the molecule is CCC[CH2][Sn]([CH2]CCC)([CH2]CCC)[c]1ccc(C(C)C(NC(=O)OC(C)(C)C)C(=O)O)cc1. The number of rotatable bonds is 14. The summed E-state index contributed by atoms with van der Waals surface area (Å²) in [5.41, 5.74) is 0.257. The first kappa shape index (κ1) is 29.8. The third kappa shape index (κ3) is 9.87. The van der Waals surface area contributed by atoms with Crippen LogP contribution in [0, 0.1) is 0 Å². The zero-order chi connectivity index (χ0) is 25.1. The number of benzene rings is 1. The molecule has 0 aliphatic heterocycles. The van der Waals surface area contributed by atoms with Gasteiger partial charge < -0.3 is 0 Å². The van der Waals surface area contributed by atoms with E-state index in [2.05, 4.69) is 50.4 Å². The molecule has 1 rings (SSSR count). The number of carbonyl (C=O) groups is 2. The molecule has 33 heavy (non-hydrogen) atoms. The number of amides is 1. The third-order valence-electron chi connectivity index (χ3n) is 6.51. The Hall–Kier alpha value is -1.24. The molecular weight excluding hydrogens is 521 g/mol. The first-order valence-corrected chi connectivity index (χ1v) is 20.3. The van der Waals surface area contributed by atoms with Gasteiger partial charge in [-0.1, -0.05) is 0 Å². The number of ether oxygens (including phenoxy) is 1. The average Bonchev–Trinajstić information content (AvgIpc) is 2.75. The van der Waals surface area contributed by atoms with Crippen molar-refractivity contribution in [1.82, 2.24) is 5.32 Å². The number of carbonyl (C=O) groups excluding carboxylic acids is 1. The Kier molecular flexibility index (Phi) is 12.8. The van der Waals surface area contributed by atoms with Crippen LogP contribution in [0.1, 0.15) is 98.5 Å². The van der Waals surface area contributed by atoms with E-state index in [0.717, 1.165) is 5.56 Å². The average molecular weight is 568 g/mol. The van der Waals surface area contributed by atoms with E-state index in [1.54, 1.807) is 24.4 Å². The molecule has 1 amide bonds. The van der Waals surface area contributed by atoms with Crippen molar-refractivity contribution in [2.24, 2.45) is 0 Å².